The molecule has 5 heteroatoms. The van der Waals surface area contributed by atoms with Crippen LogP contribution in [0.2, 0.25) is 5.82 Å². The number of hydrogen-bond acceptors (Lipinski definition) is 4. The van der Waals surface area contributed by atoms with Crippen LogP contribution in [0.15, 0.2) is 0 Å². The number of carbonyl (C=O) groups excluding carboxylic acids is 1. The van der Waals surface area contributed by atoms with Crippen molar-refractivity contribution < 1.29 is 19.7 Å². The average molecular weight is 485 g/mol. The Bertz CT molecular complexity index is 956. The van der Waals surface area contributed by atoms with Crippen LogP contribution in [0.4, 0.5) is 0 Å². The van der Waals surface area contributed by atoms with Gasteiger partial charge in [0.05, 0.1) is 23.4 Å². The van der Waals surface area contributed by atoms with Crippen LogP contribution in [-0.2, 0) is 9.53 Å². The molecule has 6 rings (SSSR count). The zero-order valence-corrected chi connectivity index (χ0v) is 23.5. The molecule has 5 saturated carbocycles. The zero-order valence-electron chi connectivity index (χ0n) is 23.5. The van der Waals surface area contributed by atoms with Gasteiger partial charge in [0.25, 0.3) is 0 Å². The van der Waals surface area contributed by atoms with Gasteiger partial charge in [-0.3, -0.25) is 4.79 Å². The van der Waals surface area contributed by atoms with Crippen molar-refractivity contribution in [3.05, 3.63) is 0 Å². The van der Waals surface area contributed by atoms with Crippen LogP contribution in [0.3, 0.4) is 0 Å². The molecule has 4 nitrogen and oxygen atoms in total. The maximum absolute atomic E-state index is 13.2. The molecule has 0 amide bonds. The Kier molecular flexibility index (Phi) is 4.83. The van der Waals surface area contributed by atoms with Crippen molar-refractivity contribution in [2.24, 2.45) is 44.8 Å². The number of rotatable bonds is 2. The fourth-order valence-corrected chi connectivity index (χ4v) is 12.4. The lowest BCUT2D eigenvalue weighted by Gasteiger charge is -2.63. The number of fused-ring (bicyclic) bond motifs is 2. The normalized spacial score (nSPS) is 58.8. The Hall–Kier alpha value is -0.385. The van der Waals surface area contributed by atoms with Crippen molar-refractivity contribution >= 4 is 13.6 Å². The summed E-state index contributed by atoms with van der Waals surface area (Å²) in [5.74, 6) is 1.90. The van der Waals surface area contributed by atoms with Crippen molar-refractivity contribution in [1.82, 2.24) is 0 Å². The molecule has 11 atom stereocenters. The summed E-state index contributed by atoms with van der Waals surface area (Å²) < 4.78 is 6.69. The fourth-order valence-electron chi connectivity index (χ4n) is 12.4. The van der Waals surface area contributed by atoms with Crippen LogP contribution >= 0.6 is 0 Å². The number of carbonyl (C=O) groups is 1. The van der Waals surface area contributed by atoms with Gasteiger partial charge in [0.1, 0.15) is 13.6 Å². The minimum atomic E-state index is -0.858. The van der Waals surface area contributed by atoms with Crippen LogP contribution in [0.1, 0.15) is 106 Å². The number of aliphatic hydroxyl groups excluding tert-OH is 1. The first-order chi connectivity index (χ1) is 16.0. The van der Waals surface area contributed by atoms with Crippen molar-refractivity contribution in [1.29, 1.82) is 0 Å². The van der Waals surface area contributed by atoms with Crippen LogP contribution in [0, 0.1) is 44.8 Å². The molecule has 0 radical (unpaired) electrons. The SMILES string of the molecule is B[C@@H]1C[C@]23C[C@]24CC[C@]2(C)C([C@]5(C)CC[C@H](C(C)(C)O)O5)[C@@H](O)C[C@@]2(C)C4CCC3C(C)(C)C1=O. The molecule has 6 aliphatic rings. The van der Waals surface area contributed by atoms with Gasteiger partial charge >= 0.3 is 0 Å². The van der Waals surface area contributed by atoms with Crippen molar-refractivity contribution in [3.8, 4) is 0 Å². The number of ketones is 1. The summed E-state index contributed by atoms with van der Waals surface area (Å²) in [5.41, 5.74) is -0.664. The third kappa shape index (κ3) is 2.75. The topological polar surface area (TPSA) is 66.8 Å². The molecule has 35 heavy (non-hydrogen) atoms. The second kappa shape index (κ2) is 6.78. The molecular weight excluding hydrogens is 435 g/mol. The van der Waals surface area contributed by atoms with E-state index in [4.69, 9.17) is 4.74 Å². The standard InChI is InChI=1S/C30H49BO4/c1-24(2)19-8-9-20-27(6)15-18(32)22(28(7)11-10-21(35-28)25(3,4)34)26(27,5)12-13-29(20)16-30(19,29)14-17(31)23(24)33/h17-22,32,34H,8-16,31H2,1-7H3/t17-,18+,19?,20?,21-,22?,26-,27+,28+,29+,30-/m1/s1. The van der Waals surface area contributed by atoms with Gasteiger partial charge in [-0.25, -0.2) is 0 Å². The third-order valence-electron chi connectivity index (χ3n) is 13.8. The highest BCUT2D eigenvalue weighted by molar-refractivity contribution is 6.25. The van der Waals surface area contributed by atoms with E-state index in [1.165, 1.54) is 25.7 Å². The van der Waals surface area contributed by atoms with Gasteiger partial charge in [0, 0.05) is 11.3 Å². The van der Waals surface area contributed by atoms with E-state index in [1.54, 1.807) is 0 Å². The first kappa shape index (κ1) is 24.9. The molecular formula is C30H49BO4. The molecule has 196 valence electrons. The minimum absolute atomic E-state index is 0.0216. The number of ether oxygens (including phenoxy) is 1. The molecule has 1 heterocycles. The average Bonchev–Trinajstić information content (AvgIpc) is 3.10. The van der Waals surface area contributed by atoms with E-state index >= 15 is 0 Å². The van der Waals surface area contributed by atoms with Crippen molar-refractivity contribution in [2.75, 3.05) is 0 Å². The van der Waals surface area contributed by atoms with Gasteiger partial charge in [0.2, 0.25) is 0 Å². The highest BCUT2D eigenvalue weighted by Gasteiger charge is 2.84. The van der Waals surface area contributed by atoms with Crippen LogP contribution in [-0.4, -0.2) is 47.3 Å². The lowest BCUT2D eigenvalue weighted by Crippen LogP contribution is -2.59. The summed E-state index contributed by atoms with van der Waals surface area (Å²) in [6.45, 7) is 15.4. The van der Waals surface area contributed by atoms with Crippen molar-refractivity contribution in [3.63, 3.8) is 0 Å². The van der Waals surface area contributed by atoms with Gasteiger partial charge in [-0.05, 0) is 118 Å². The maximum atomic E-state index is 13.2. The summed E-state index contributed by atoms with van der Waals surface area (Å²) >= 11 is 0. The van der Waals surface area contributed by atoms with E-state index in [9.17, 15) is 15.0 Å². The second-order valence-electron chi connectivity index (χ2n) is 16.1. The van der Waals surface area contributed by atoms with E-state index in [0.717, 1.165) is 32.1 Å². The minimum Gasteiger partial charge on any atom is -0.393 e. The lowest BCUT2D eigenvalue weighted by molar-refractivity contribution is -0.192. The summed E-state index contributed by atoms with van der Waals surface area (Å²) in [6, 6.07) is 0. The summed E-state index contributed by atoms with van der Waals surface area (Å²) in [4.78, 5) is 13.2. The quantitative estimate of drug-likeness (QED) is 0.558. The number of hydrogen-bond donors (Lipinski definition) is 2. The summed E-state index contributed by atoms with van der Waals surface area (Å²) in [6.07, 6.45) is 9.24. The Morgan fingerprint density at radius 2 is 1.57 bits per heavy atom. The maximum Gasteiger partial charge on any atom is 0.133 e. The van der Waals surface area contributed by atoms with Gasteiger partial charge in [0.15, 0.2) is 0 Å². The molecule has 5 aliphatic carbocycles. The molecule has 0 aromatic rings. The molecule has 1 saturated heterocycles. The fraction of sp³-hybridized carbons (Fsp3) is 0.967. The Morgan fingerprint density at radius 1 is 0.914 bits per heavy atom. The van der Waals surface area contributed by atoms with Gasteiger partial charge in [-0.1, -0.05) is 27.7 Å². The van der Waals surface area contributed by atoms with Gasteiger partial charge in [-0.2, -0.15) is 0 Å². The largest absolute Gasteiger partial charge is 0.393 e. The first-order valence-corrected chi connectivity index (χ1v) is 14.6. The van der Waals surface area contributed by atoms with E-state index in [0.29, 0.717) is 28.4 Å². The Morgan fingerprint density at radius 3 is 2.20 bits per heavy atom. The summed E-state index contributed by atoms with van der Waals surface area (Å²) in [7, 11) is 2.19. The zero-order chi connectivity index (χ0) is 25.6. The predicted octanol–water partition coefficient (Wildman–Crippen LogP) is 4.71. The van der Waals surface area contributed by atoms with Gasteiger partial charge in [-0.15, -0.1) is 0 Å². The third-order valence-corrected chi connectivity index (χ3v) is 13.8. The monoisotopic (exact) mass is 484 g/mol. The summed E-state index contributed by atoms with van der Waals surface area (Å²) in [5, 5.41) is 22.4. The second-order valence-corrected chi connectivity index (χ2v) is 16.1. The highest BCUT2D eigenvalue weighted by Crippen LogP contribution is 2.89. The molecule has 2 N–H and O–H groups in total. The smallest absolute Gasteiger partial charge is 0.133 e. The molecule has 0 aromatic carbocycles. The Labute approximate surface area is 213 Å². The van der Waals surface area contributed by atoms with E-state index < -0.39 is 11.2 Å². The molecule has 6 fully saturated rings. The highest BCUT2D eigenvalue weighted by atomic mass is 16.5. The van der Waals surface area contributed by atoms with Gasteiger partial charge < -0.3 is 14.9 Å². The van der Waals surface area contributed by atoms with Crippen LogP contribution in [0.25, 0.3) is 0 Å². The first-order valence-electron chi connectivity index (χ1n) is 14.6. The number of aliphatic hydroxyl groups is 2. The van der Waals surface area contributed by atoms with E-state index in [2.05, 4.69) is 42.5 Å². The van der Waals surface area contributed by atoms with E-state index in [-0.39, 0.29) is 40.2 Å². The van der Waals surface area contributed by atoms with Crippen molar-refractivity contribution in [2.45, 2.75) is 135 Å². The Balaban J connectivity index is 1.35. The lowest BCUT2D eigenvalue weighted by atomic mass is 9.40. The predicted molar refractivity (Wildman–Crippen MR) is 140 cm³/mol. The van der Waals surface area contributed by atoms with Crippen LogP contribution in [0.5, 0.6) is 0 Å². The molecule has 0 aromatic heterocycles. The molecule has 1 aliphatic heterocycles. The number of Topliss-reactive ketones (excluding diaryl/α,β-unsaturated/α-hetero) is 1. The molecule has 2 spiro atoms. The molecule has 3 unspecified atom stereocenters. The van der Waals surface area contributed by atoms with Crippen LogP contribution < -0.4 is 0 Å². The van der Waals surface area contributed by atoms with E-state index in [1.807, 2.05) is 13.8 Å². The molecule has 0 bridgehead atoms.